The number of hydrogen-bond acceptors (Lipinski definition) is 5. The van der Waals surface area contributed by atoms with E-state index in [1.54, 1.807) is 31.2 Å². The van der Waals surface area contributed by atoms with Crippen LogP contribution in [0.15, 0.2) is 74.4 Å². The number of amides is 1. The Kier molecular flexibility index (Phi) is 3.85. The molecule has 6 heteroatoms. The Morgan fingerprint density at radius 2 is 1.85 bits per heavy atom. The van der Waals surface area contributed by atoms with Gasteiger partial charge in [-0.25, -0.2) is 4.79 Å². The molecule has 2 aromatic carbocycles. The van der Waals surface area contributed by atoms with E-state index in [1.807, 2.05) is 30.3 Å². The Hall–Kier alpha value is -3.67. The predicted octanol–water partition coefficient (Wildman–Crippen LogP) is 4.01. The first-order chi connectivity index (χ1) is 12.6. The van der Waals surface area contributed by atoms with Crippen molar-refractivity contribution in [2.24, 2.45) is 0 Å². The van der Waals surface area contributed by atoms with Crippen LogP contribution in [0.25, 0.3) is 22.2 Å². The number of nitrogens with one attached hydrogen (secondary N) is 1. The second kappa shape index (κ2) is 6.33. The number of fused-ring (bicyclic) bond motifs is 1. The highest BCUT2D eigenvalue weighted by Gasteiger charge is 2.21. The summed E-state index contributed by atoms with van der Waals surface area (Å²) < 4.78 is 10.3. The van der Waals surface area contributed by atoms with Crippen LogP contribution in [0, 0.1) is 6.92 Å². The van der Waals surface area contributed by atoms with Gasteiger partial charge < -0.3 is 14.3 Å². The van der Waals surface area contributed by atoms with Crippen molar-refractivity contribution in [1.82, 2.24) is 5.16 Å². The van der Waals surface area contributed by atoms with Crippen molar-refractivity contribution in [3.05, 3.63) is 82.4 Å². The Bertz CT molecular complexity index is 1160. The molecule has 2 heterocycles. The lowest BCUT2D eigenvalue weighted by Crippen LogP contribution is -2.13. The van der Waals surface area contributed by atoms with Gasteiger partial charge in [-0.3, -0.25) is 4.79 Å². The minimum Gasteiger partial charge on any atom is -0.423 e. The third-order valence-corrected chi connectivity index (χ3v) is 4.01. The lowest BCUT2D eigenvalue weighted by atomic mass is 10.1. The van der Waals surface area contributed by atoms with Crippen molar-refractivity contribution in [3.8, 4) is 11.3 Å². The van der Waals surface area contributed by atoms with Crippen molar-refractivity contribution < 1.29 is 13.7 Å². The third-order valence-electron chi connectivity index (χ3n) is 4.01. The second-order valence-corrected chi connectivity index (χ2v) is 5.79. The lowest BCUT2D eigenvalue weighted by Gasteiger charge is -2.07. The van der Waals surface area contributed by atoms with Crippen molar-refractivity contribution >= 4 is 22.6 Å². The fraction of sp³-hybridized carbons (Fsp3) is 0.0500. The maximum Gasteiger partial charge on any atom is 0.336 e. The van der Waals surface area contributed by atoms with E-state index in [2.05, 4.69) is 10.5 Å². The minimum absolute atomic E-state index is 0.320. The molecular weight excluding hydrogens is 332 g/mol. The summed E-state index contributed by atoms with van der Waals surface area (Å²) in [6, 6.07) is 17.4. The highest BCUT2D eigenvalue weighted by Crippen LogP contribution is 2.26. The van der Waals surface area contributed by atoms with E-state index in [1.165, 1.54) is 6.07 Å². The smallest absolute Gasteiger partial charge is 0.336 e. The summed E-state index contributed by atoms with van der Waals surface area (Å²) in [6.07, 6.45) is 0. The molecule has 1 amide bonds. The number of anilines is 1. The summed E-state index contributed by atoms with van der Waals surface area (Å²) in [6.45, 7) is 1.70. The number of benzene rings is 2. The summed E-state index contributed by atoms with van der Waals surface area (Å²) in [5.74, 6) is 0.118. The number of aromatic nitrogens is 1. The largest absolute Gasteiger partial charge is 0.423 e. The average molecular weight is 346 g/mol. The van der Waals surface area contributed by atoms with Crippen molar-refractivity contribution in [3.63, 3.8) is 0 Å². The first-order valence-electron chi connectivity index (χ1n) is 7.99. The molecule has 1 N–H and O–H groups in total. The molecule has 0 aliphatic heterocycles. The Labute approximate surface area is 148 Å². The van der Waals surface area contributed by atoms with Gasteiger partial charge in [-0.1, -0.05) is 35.5 Å². The lowest BCUT2D eigenvalue weighted by molar-refractivity contribution is 0.102. The van der Waals surface area contributed by atoms with Gasteiger partial charge >= 0.3 is 5.63 Å². The van der Waals surface area contributed by atoms with Gasteiger partial charge in [-0.05, 0) is 31.2 Å². The van der Waals surface area contributed by atoms with Gasteiger partial charge in [-0.2, -0.15) is 0 Å². The van der Waals surface area contributed by atoms with Gasteiger partial charge in [0.1, 0.15) is 22.6 Å². The molecule has 0 aliphatic carbocycles. The maximum atomic E-state index is 12.8. The number of aryl methyl sites for hydroxylation is 1. The molecule has 2 aromatic heterocycles. The van der Waals surface area contributed by atoms with Crippen molar-refractivity contribution in [1.29, 1.82) is 0 Å². The molecule has 0 aliphatic rings. The maximum absolute atomic E-state index is 12.8. The normalized spacial score (nSPS) is 10.8. The van der Waals surface area contributed by atoms with E-state index in [0.29, 0.717) is 33.7 Å². The highest BCUT2D eigenvalue weighted by molar-refractivity contribution is 6.09. The molecule has 0 spiro atoms. The zero-order chi connectivity index (χ0) is 18.1. The van der Waals surface area contributed by atoms with Crippen LogP contribution in [-0.2, 0) is 0 Å². The van der Waals surface area contributed by atoms with Crippen LogP contribution in [0.4, 0.5) is 5.69 Å². The molecule has 0 saturated heterocycles. The van der Waals surface area contributed by atoms with Gasteiger partial charge in [0, 0.05) is 22.7 Å². The van der Waals surface area contributed by atoms with Crippen LogP contribution < -0.4 is 10.9 Å². The average Bonchev–Trinajstić information content (AvgIpc) is 3.04. The zero-order valence-corrected chi connectivity index (χ0v) is 13.9. The van der Waals surface area contributed by atoms with Gasteiger partial charge in [-0.15, -0.1) is 0 Å². The summed E-state index contributed by atoms with van der Waals surface area (Å²) >= 11 is 0. The summed E-state index contributed by atoms with van der Waals surface area (Å²) in [4.78, 5) is 24.1. The van der Waals surface area contributed by atoms with Crippen LogP contribution in [-0.4, -0.2) is 11.1 Å². The number of hydrogen-bond donors (Lipinski definition) is 1. The molecule has 26 heavy (non-hydrogen) atoms. The first kappa shape index (κ1) is 15.8. The molecule has 0 unspecified atom stereocenters. The molecule has 0 atom stereocenters. The summed E-state index contributed by atoms with van der Waals surface area (Å²) in [5, 5.41) is 7.58. The number of rotatable bonds is 3. The zero-order valence-electron chi connectivity index (χ0n) is 13.9. The molecule has 6 nitrogen and oxygen atoms in total. The molecular formula is C20H14N2O4. The van der Waals surface area contributed by atoms with E-state index in [-0.39, 0.29) is 5.91 Å². The number of carbonyl (C=O) groups is 1. The van der Waals surface area contributed by atoms with E-state index in [0.717, 1.165) is 5.56 Å². The van der Waals surface area contributed by atoms with Crippen LogP contribution in [0.5, 0.6) is 0 Å². The van der Waals surface area contributed by atoms with Crippen LogP contribution in [0.2, 0.25) is 0 Å². The molecule has 4 rings (SSSR count). The molecule has 128 valence electrons. The van der Waals surface area contributed by atoms with E-state index in [9.17, 15) is 9.59 Å². The van der Waals surface area contributed by atoms with Gasteiger partial charge in [0.25, 0.3) is 5.91 Å². The Morgan fingerprint density at radius 3 is 2.65 bits per heavy atom. The standard InChI is InChI=1S/C20H14N2O4/c1-12-18(19(22-26-12)13-5-3-2-4-6-13)20(24)21-15-8-9-16-14(11-15)7-10-17(23)25-16/h2-11H,1H3,(H,21,24). The molecule has 4 aromatic rings. The molecule has 0 saturated carbocycles. The monoisotopic (exact) mass is 346 g/mol. The van der Waals surface area contributed by atoms with Crippen LogP contribution in [0.1, 0.15) is 16.1 Å². The predicted molar refractivity (Wildman–Crippen MR) is 97.1 cm³/mol. The number of nitrogens with zero attached hydrogens (tertiary/aromatic N) is 1. The number of carbonyl (C=O) groups excluding carboxylic acids is 1. The fourth-order valence-electron chi connectivity index (χ4n) is 2.78. The molecule has 0 fully saturated rings. The van der Waals surface area contributed by atoms with E-state index >= 15 is 0 Å². The first-order valence-corrected chi connectivity index (χ1v) is 7.99. The van der Waals surface area contributed by atoms with Gasteiger partial charge in [0.05, 0.1) is 0 Å². The highest BCUT2D eigenvalue weighted by atomic mass is 16.5. The summed E-state index contributed by atoms with van der Waals surface area (Å²) in [7, 11) is 0. The quantitative estimate of drug-likeness (QED) is 0.567. The van der Waals surface area contributed by atoms with Crippen molar-refractivity contribution in [2.45, 2.75) is 6.92 Å². The van der Waals surface area contributed by atoms with Gasteiger partial charge in [0.2, 0.25) is 0 Å². The van der Waals surface area contributed by atoms with Crippen molar-refractivity contribution in [2.75, 3.05) is 5.32 Å². The third kappa shape index (κ3) is 2.88. The van der Waals surface area contributed by atoms with Crippen LogP contribution >= 0.6 is 0 Å². The summed E-state index contributed by atoms with van der Waals surface area (Å²) in [5.41, 5.74) is 2.30. The van der Waals surface area contributed by atoms with Crippen LogP contribution in [0.3, 0.4) is 0 Å². The topological polar surface area (TPSA) is 85.3 Å². The minimum atomic E-state index is -0.415. The SMILES string of the molecule is Cc1onc(-c2ccccc2)c1C(=O)Nc1ccc2oc(=O)ccc2c1. The molecule has 0 radical (unpaired) electrons. The fourth-order valence-corrected chi connectivity index (χ4v) is 2.78. The van der Waals surface area contributed by atoms with Gasteiger partial charge in [0.15, 0.2) is 0 Å². The molecule has 0 bridgehead atoms. The second-order valence-electron chi connectivity index (χ2n) is 5.79. The van der Waals surface area contributed by atoms with E-state index < -0.39 is 5.63 Å². The van der Waals surface area contributed by atoms with E-state index in [4.69, 9.17) is 8.94 Å². The Morgan fingerprint density at radius 1 is 1.04 bits per heavy atom. The Balaban J connectivity index is 1.68.